The van der Waals surface area contributed by atoms with Crippen LogP contribution in [-0.4, -0.2) is 36.5 Å². The minimum atomic E-state index is 0.186. The fourth-order valence-corrected chi connectivity index (χ4v) is 3.77. The fraction of sp³-hybridized carbons (Fsp3) is 0.421. The molecule has 0 aromatic heterocycles. The van der Waals surface area contributed by atoms with E-state index in [1.165, 1.54) is 16.3 Å². The Morgan fingerprint density at radius 1 is 1.18 bits per heavy atom. The molecule has 1 saturated carbocycles. The van der Waals surface area contributed by atoms with Gasteiger partial charge in [-0.2, -0.15) is 0 Å². The van der Waals surface area contributed by atoms with E-state index in [9.17, 15) is 4.79 Å². The maximum absolute atomic E-state index is 12.8. The molecule has 0 spiro atoms. The van der Waals surface area contributed by atoms with Gasteiger partial charge in [0, 0.05) is 31.6 Å². The average molecular weight is 294 g/mol. The van der Waals surface area contributed by atoms with E-state index in [2.05, 4.69) is 59.6 Å². The number of benzene rings is 2. The normalized spacial score (nSPS) is 27.9. The van der Waals surface area contributed by atoms with Crippen LogP contribution in [0.5, 0.6) is 0 Å². The molecule has 3 atom stereocenters. The summed E-state index contributed by atoms with van der Waals surface area (Å²) in [6, 6.07) is 15.3. The Kier molecular flexibility index (Phi) is 3.38. The van der Waals surface area contributed by atoms with Gasteiger partial charge in [0.05, 0.1) is 0 Å². The second-order valence-electron chi connectivity index (χ2n) is 6.60. The Bertz CT molecular complexity index is 706. The molecule has 3 heteroatoms. The lowest BCUT2D eigenvalue weighted by Gasteiger charge is -2.34. The van der Waals surface area contributed by atoms with Gasteiger partial charge in [-0.05, 0) is 35.6 Å². The van der Waals surface area contributed by atoms with Crippen molar-refractivity contribution in [3.8, 4) is 0 Å². The lowest BCUT2D eigenvalue weighted by molar-refractivity contribution is -0.135. The molecular formula is C19H22N2O. The Labute approximate surface area is 131 Å². The number of hydrogen-bond acceptors (Lipinski definition) is 2. The minimum Gasteiger partial charge on any atom is -0.337 e. The molecule has 114 valence electrons. The van der Waals surface area contributed by atoms with Crippen molar-refractivity contribution in [1.29, 1.82) is 0 Å². The van der Waals surface area contributed by atoms with Crippen molar-refractivity contribution in [3.63, 3.8) is 0 Å². The van der Waals surface area contributed by atoms with E-state index in [1.54, 1.807) is 0 Å². The number of rotatable bonds is 2. The number of carbonyl (C=O) groups is 1. The first-order valence-corrected chi connectivity index (χ1v) is 8.24. The molecule has 2 unspecified atom stereocenters. The molecule has 2 aromatic rings. The van der Waals surface area contributed by atoms with Crippen molar-refractivity contribution >= 4 is 16.7 Å². The van der Waals surface area contributed by atoms with Gasteiger partial charge in [-0.3, -0.25) is 4.79 Å². The highest BCUT2D eigenvalue weighted by molar-refractivity contribution is 5.89. The summed E-state index contributed by atoms with van der Waals surface area (Å²) in [4.78, 5) is 14.9. The third-order valence-corrected chi connectivity index (χ3v) is 5.11. The van der Waals surface area contributed by atoms with Crippen LogP contribution in [-0.2, 0) is 4.79 Å². The van der Waals surface area contributed by atoms with E-state index in [0.29, 0.717) is 17.9 Å². The van der Waals surface area contributed by atoms with Crippen LogP contribution in [0.15, 0.2) is 42.5 Å². The lowest BCUT2D eigenvalue weighted by Crippen LogP contribution is -2.52. The Morgan fingerprint density at radius 2 is 2.00 bits per heavy atom. The predicted molar refractivity (Wildman–Crippen MR) is 88.8 cm³/mol. The zero-order valence-electron chi connectivity index (χ0n) is 13.0. The summed E-state index contributed by atoms with van der Waals surface area (Å²) in [5, 5.41) is 5.93. The van der Waals surface area contributed by atoms with Crippen molar-refractivity contribution in [3.05, 3.63) is 48.0 Å². The molecule has 0 bridgehead atoms. The van der Waals surface area contributed by atoms with E-state index in [1.807, 2.05) is 0 Å². The summed E-state index contributed by atoms with van der Waals surface area (Å²) in [6.45, 7) is 4.82. The van der Waals surface area contributed by atoms with Gasteiger partial charge >= 0.3 is 0 Å². The Morgan fingerprint density at radius 3 is 2.86 bits per heavy atom. The topological polar surface area (TPSA) is 32.3 Å². The van der Waals surface area contributed by atoms with Crippen molar-refractivity contribution in [2.45, 2.75) is 25.3 Å². The molecule has 22 heavy (non-hydrogen) atoms. The minimum absolute atomic E-state index is 0.186. The molecule has 1 saturated heterocycles. The first-order valence-electron chi connectivity index (χ1n) is 8.24. The van der Waals surface area contributed by atoms with Crippen LogP contribution in [0.4, 0.5) is 0 Å². The monoisotopic (exact) mass is 294 g/mol. The predicted octanol–water partition coefficient (Wildman–Crippen LogP) is 2.76. The molecule has 1 heterocycles. The number of nitrogens with one attached hydrogen (secondary N) is 1. The highest BCUT2D eigenvalue weighted by Gasteiger charge is 2.47. The van der Waals surface area contributed by atoms with Crippen LogP contribution in [0.3, 0.4) is 0 Å². The van der Waals surface area contributed by atoms with Crippen LogP contribution >= 0.6 is 0 Å². The molecule has 0 radical (unpaired) electrons. The van der Waals surface area contributed by atoms with Gasteiger partial charge in [-0.15, -0.1) is 0 Å². The van der Waals surface area contributed by atoms with Crippen LogP contribution in [0.25, 0.3) is 10.8 Å². The summed E-state index contributed by atoms with van der Waals surface area (Å²) in [5.74, 6) is 0.943. The van der Waals surface area contributed by atoms with E-state index in [0.717, 1.165) is 26.1 Å². The van der Waals surface area contributed by atoms with Crippen molar-refractivity contribution < 1.29 is 4.79 Å². The van der Waals surface area contributed by atoms with Crippen LogP contribution in [0.2, 0.25) is 0 Å². The van der Waals surface area contributed by atoms with Crippen molar-refractivity contribution in [2.75, 3.05) is 19.6 Å². The maximum atomic E-state index is 12.8. The SMILES string of the molecule is C[C@@H]1CNCCN1C(=O)C1CC1c1cccc2ccccc12. The molecule has 1 amide bonds. The number of amides is 1. The molecule has 2 aromatic carbocycles. The van der Waals surface area contributed by atoms with Crippen LogP contribution in [0, 0.1) is 5.92 Å². The summed E-state index contributed by atoms with van der Waals surface area (Å²) < 4.78 is 0. The molecule has 1 N–H and O–H groups in total. The third kappa shape index (κ3) is 2.30. The standard InChI is InChI=1S/C19H22N2O/c1-13-12-20-9-10-21(13)19(22)18-11-17(18)16-8-4-6-14-5-2-3-7-15(14)16/h2-8,13,17-18,20H,9-12H2,1H3/t13-,17?,18?/m1/s1. The number of carbonyl (C=O) groups excluding carboxylic acids is 1. The molecule has 1 aliphatic heterocycles. The number of nitrogens with zero attached hydrogens (tertiary/aromatic N) is 1. The molecular weight excluding hydrogens is 272 g/mol. The summed E-state index contributed by atoms with van der Waals surface area (Å²) >= 11 is 0. The molecule has 3 nitrogen and oxygen atoms in total. The maximum Gasteiger partial charge on any atom is 0.226 e. The first kappa shape index (κ1) is 13.8. The molecule has 1 aliphatic carbocycles. The quantitative estimate of drug-likeness (QED) is 0.923. The highest BCUT2D eigenvalue weighted by Crippen LogP contribution is 2.50. The zero-order valence-corrected chi connectivity index (χ0v) is 13.0. The molecule has 2 fully saturated rings. The third-order valence-electron chi connectivity index (χ3n) is 5.11. The van der Waals surface area contributed by atoms with E-state index < -0.39 is 0 Å². The second kappa shape index (κ2) is 5.40. The fourth-order valence-electron chi connectivity index (χ4n) is 3.77. The van der Waals surface area contributed by atoms with Gasteiger partial charge in [0.15, 0.2) is 0 Å². The molecule has 4 rings (SSSR count). The Balaban J connectivity index is 1.57. The zero-order chi connectivity index (χ0) is 15.1. The van der Waals surface area contributed by atoms with E-state index in [4.69, 9.17) is 0 Å². The lowest BCUT2D eigenvalue weighted by atomic mass is 10.00. The van der Waals surface area contributed by atoms with E-state index >= 15 is 0 Å². The van der Waals surface area contributed by atoms with Gasteiger partial charge in [0.1, 0.15) is 0 Å². The van der Waals surface area contributed by atoms with Crippen LogP contribution < -0.4 is 5.32 Å². The first-order chi connectivity index (χ1) is 10.8. The van der Waals surface area contributed by atoms with Gasteiger partial charge in [-0.25, -0.2) is 0 Å². The highest BCUT2D eigenvalue weighted by atomic mass is 16.2. The van der Waals surface area contributed by atoms with Gasteiger partial charge in [-0.1, -0.05) is 42.5 Å². The smallest absolute Gasteiger partial charge is 0.226 e. The average Bonchev–Trinajstić information content (AvgIpc) is 3.35. The number of hydrogen-bond donors (Lipinski definition) is 1. The van der Waals surface area contributed by atoms with Crippen molar-refractivity contribution in [2.24, 2.45) is 5.92 Å². The largest absolute Gasteiger partial charge is 0.337 e. The summed E-state index contributed by atoms with van der Waals surface area (Å²) in [6.07, 6.45) is 1.00. The van der Waals surface area contributed by atoms with E-state index in [-0.39, 0.29) is 5.92 Å². The van der Waals surface area contributed by atoms with Gasteiger partial charge in [0.2, 0.25) is 5.91 Å². The summed E-state index contributed by atoms with van der Waals surface area (Å²) in [7, 11) is 0. The van der Waals surface area contributed by atoms with Crippen LogP contribution in [0.1, 0.15) is 24.8 Å². The van der Waals surface area contributed by atoms with Gasteiger partial charge < -0.3 is 10.2 Å². The number of fused-ring (bicyclic) bond motifs is 1. The Hall–Kier alpha value is -1.87. The number of piperazine rings is 1. The van der Waals surface area contributed by atoms with Gasteiger partial charge in [0.25, 0.3) is 0 Å². The van der Waals surface area contributed by atoms with Crippen molar-refractivity contribution in [1.82, 2.24) is 10.2 Å². The second-order valence-corrected chi connectivity index (χ2v) is 6.60. The summed E-state index contributed by atoms with van der Waals surface area (Å²) in [5.41, 5.74) is 1.35. The molecule has 2 aliphatic rings.